The Balaban J connectivity index is 1.47. The summed E-state index contributed by atoms with van der Waals surface area (Å²) >= 11 is 0. The summed E-state index contributed by atoms with van der Waals surface area (Å²) in [6, 6.07) is 0.819. The zero-order valence-electron chi connectivity index (χ0n) is 15.7. The molecule has 0 aromatic carbocycles. The van der Waals surface area contributed by atoms with E-state index in [9.17, 15) is 0 Å². The van der Waals surface area contributed by atoms with Crippen LogP contribution in [0.2, 0.25) is 0 Å². The van der Waals surface area contributed by atoms with Crippen LogP contribution in [0.3, 0.4) is 0 Å². The Morgan fingerprint density at radius 3 is 2.33 bits per heavy atom. The number of rotatable bonds is 3. The van der Waals surface area contributed by atoms with Crippen LogP contribution in [0.15, 0.2) is 0 Å². The van der Waals surface area contributed by atoms with Crippen molar-refractivity contribution in [3.05, 3.63) is 0 Å². The summed E-state index contributed by atoms with van der Waals surface area (Å²) in [5, 5.41) is 0. The zero-order chi connectivity index (χ0) is 16.7. The normalized spacial score (nSPS) is 49.1. The number of piperidine rings is 2. The Bertz CT molecular complexity index is 431. The first kappa shape index (κ1) is 17.3. The maximum atomic E-state index is 5.91. The highest BCUT2D eigenvalue weighted by atomic mass is 16.5. The van der Waals surface area contributed by atoms with Crippen LogP contribution >= 0.6 is 0 Å². The summed E-state index contributed by atoms with van der Waals surface area (Å²) < 4.78 is 17.3. The van der Waals surface area contributed by atoms with Gasteiger partial charge in [-0.2, -0.15) is 0 Å². The van der Waals surface area contributed by atoms with Gasteiger partial charge in [0.15, 0.2) is 0 Å². The summed E-state index contributed by atoms with van der Waals surface area (Å²) in [5.41, 5.74) is 0. The largest absolute Gasteiger partial charge is 0.381 e. The predicted molar refractivity (Wildman–Crippen MR) is 94.0 cm³/mol. The van der Waals surface area contributed by atoms with Gasteiger partial charge in [0, 0.05) is 39.8 Å². The minimum absolute atomic E-state index is 0.289. The van der Waals surface area contributed by atoms with E-state index in [1.807, 2.05) is 21.3 Å². The van der Waals surface area contributed by atoms with Crippen LogP contribution in [0, 0.1) is 23.7 Å². The van der Waals surface area contributed by atoms with Crippen molar-refractivity contribution in [2.45, 2.75) is 69.3 Å². The maximum Gasteiger partial charge on any atom is 0.0875 e. The van der Waals surface area contributed by atoms with Crippen LogP contribution in [0.4, 0.5) is 0 Å². The number of ether oxygens (including phenoxy) is 3. The van der Waals surface area contributed by atoms with E-state index < -0.39 is 0 Å². The van der Waals surface area contributed by atoms with Crippen LogP contribution in [-0.4, -0.2) is 63.7 Å². The second-order valence-corrected chi connectivity index (χ2v) is 8.66. The highest BCUT2D eigenvalue weighted by Crippen LogP contribution is 2.48. The fourth-order valence-electron chi connectivity index (χ4n) is 6.62. The molecule has 2 aliphatic heterocycles. The lowest BCUT2D eigenvalue weighted by Crippen LogP contribution is -2.61. The van der Waals surface area contributed by atoms with Gasteiger partial charge in [0.25, 0.3) is 0 Å². The highest BCUT2D eigenvalue weighted by Gasteiger charge is 2.50. The fraction of sp³-hybridized carbons (Fsp3) is 1.00. The molecule has 0 bridgehead atoms. The lowest BCUT2D eigenvalue weighted by Gasteiger charge is -2.57. The van der Waals surface area contributed by atoms with Crippen molar-refractivity contribution in [1.29, 1.82) is 0 Å². The predicted octanol–water partition coefficient (Wildman–Crippen LogP) is 2.95. The van der Waals surface area contributed by atoms with Crippen molar-refractivity contribution in [2.24, 2.45) is 23.7 Å². The van der Waals surface area contributed by atoms with E-state index in [1.54, 1.807) is 0 Å². The average molecular weight is 338 g/mol. The number of nitrogens with zero attached hydrogens (tertiary/aromatic N) is 1. The molecule has 4 fully saturated rings. The Kier molecular flexibility index (Phi) is 5.19. The average Bonchev–Trinajstić information content (AvgIpc) is 2.64. The van der Waals surface area contributed by atoms with Gasteiger partial charge < -0.3 is 14.2 Å². The molecule has 24 heavy (non-hydrogen) atoms. The SMILES string of the molecule is COC1CCC2C(CCN3CC4C(CCC(OC)C4OC)CC23)C1. The monoisotopic (exact) mass is 337 g/mol. The van der Waals surface area contributed by atoms with Crippen molar-refractivity contribution in [3.63, 3.8) is 0 Å². The van der Waals surface area contributed by atoms with Crippen molar-refractivity contribution in [3.8, 4) is 0 Å². The number of fused-ring (bicyclic) bond motifs is 4. The van der Waals surface area contributed by atoms with E-state index in [-0.39, 0.29) is 6.10 Å². The summed E-state index contributed by atoms with van der Waals surface area (Å²) in [6.07, 6.45) is 10.3. The molecular formula is C20H35NO3. The molecule has 0 radical (unpaired) electrons. The molecule has 8 atom stereocenters. The molecule has 4 heteroatoms. The quantitative estimate of drug-likeness (QED) is 0.792. The molecule has 2 saturated heterocycles. The minimum Gasteiger partial charge on any atom is -0.381 e. The first-order valence-electron chi connectivity index (χ1n) is 10.1. The van der Waals surface area contributed by atoms with Gasteiger partial charge in [-0.05, 0) is 69.2 Å². The Morgan fingerprint density at radius 1 is 0.750 bits per heavy atom. The first-order chi connectivity index (χ1) is 11.7. The summed E-state index contributed by atoms with van der Waals surface area (Å²) in [4.78, 5) is 2.82. The molecule has 2 aliphatic carbocycles. The Morgan fingerprint density at radius 2 is 1.58 bits per heavy atom. The van der Waals surface area contributed by atoms with Crippen LogP contribution in [0.5, 0.6) is 0 Å². The maximum absolute atomic E-state index is 5.91. The third kappa shape index (κ3) is 2.94. The fourth-order valence-corrected chi connectivity index (χ4v) is 6.62. The summed E-state index contributed by atoms with van der Waals surface area (Å²) in [6.45, 7) is 2.50. The number of hydrogen-bond acceptors (Lipinski definition) is 4. The van der Waals surface area contributed by atoms with E-state index >= 15 is 0 Å². The lowest BCUT2D eigenvalue weighted by molar-refractivity contribution is -0.146. The van der Waals surface area contributed by atoms with Gasteiger partial charge in [-0.25, -0.2) is 0 Å². The Labute approximate surface area is 147 Å². The van der Waals surface area contributed by atoms with Crippen LogP contribution in [-0.2, 0) is 14.2 Å². The van der Waals surface area contributed by atoms with Crippen molar-refractivity contribution < 1.29 is 14.2 Å². The second kappa shape index (κ2) is 7.22. The van der Waals surface area contributed by atoms with Gasteiger partial charge in [0.05, 0.1) is 18.3 Å². The van der Waals surface area contributed by atoms with Gasteiger partial charge in [-0.1, -0.05) is 0 Å². The molecule has 0 aromatic heterocycles. The second-order valence-electron chi connectivity index (χ2n) is 8.66. The molecule has 4 rings (SSSR count). The third-order valence-corrected chi connectivity index (χ3v) is 7.86. The smallest absolute Gasteiger partial charge is 0.0875 e. The molecule has 0 aromatic rings. The topological polar surface area (TPSA) is 30.9 Å². The van der Waals surface area contributed by atoms with Gasteiger partial charge in [-0.15, -0.1) is 0 Å². The molecule has 138 valence electrons. The van der Waals surface area contributed by atoms with Gasteiger partial charge in [0.2, 0.25) is 0 Å². The van der Waals surface area contributed by atoms with Crippen LogP contribution in [0.25, 0.3) is 0 Å². The van der Waals surface area contributed by atoms with Gasteiger partial charge in [-0.3, -0.25) is 4.90 Å². The zero-order valence-corrected chi connectivity index (χ0v) is 15.7. The van der Waals surface area contributed by atoms with Crippen molar-refractivity contribution in [2.75, 3.05) is 34.4 Å². The number of methoxy groups -OCH3 is 3. The molecule has 0 amide bonds. The molecule has 4 aliphatic rings. The first-order valence-corrected chi connectivity index (χ1v) is 10.1. The van der Waals surface area contributed by atoms with Crippen molar-refractivity contribution >= 4 is 0 Å². The van der Waals surface area contributed by atoms with Gasteiger partial charge in [0.1, 0.15) is 0 Å². The van der Waals surface area contributed by atoms with E-state index in [1.165, 1.54) is 58.0 Å². The van der Waals surface area contributed by atoms with E-state index in [0.29, 0.717) is 18.1 Å². The molecule has 0 spiro atoms. The molecule has 2 heterocycles. The minimum atomic E-state index is 0.289. The number of hydrogen-bond donors (Lipinski definition) is 0. The van der Waals surface area contributed by atoms with E-state index in [0.717, 1.165) is 23.8 Å². The summed E-state index contributed by atoms with van der Waals surface area (Å²) in [5.74, 6) is 3.31. The van der Waals surface area contributed by atoms with Gasteiger partial charge >= 0.3 is 0 Å². The molecule has 0 N–H and O–H groups in total. The summed E-state index contributed by atoms with van der Waals surface area (Å²) in [7, 11) is 5.62. The van der Waals surface area contributed by atoms with Crippen LogP contribution in [0.1, 0.15) is 44.9 Å². The molecule has 2 saturated carbocycles. The Hall–Kier alpha value is -0.160. The van der Waals surface area contributed by atoms with E-state index in [4.69, 9.17) is 14.2 Å². The highest BCUT2D eigenvalue weighted by molar-refractivity contribution is 5.02. The van der Waals surface area contributed by atoms with Crippen molar-refractivity contribution in [1.82, 2.24) is 4.90 Å². The van der Waals surface area contributed by atoms with Crippen LogP contribution < -0.4 is 0 Å². The molecule has 8 unspecified atom stereocenters. The van der Waals surface area contributed by atoms with E-state index in [2.05, 4.69) is 4.90 Å². The third-order valence-electron chi connectivity index (χ3n) is 7.86. The molecular weight excluding hydrogens is 302 g/mol. The standard InChI is InChI=1S/C20H35NO3/c1-22-15-5-6-16-14(10-15)8-9-21-12-17-13(11-18(16)21)4-7-19(23-2)20(17)24-3/h13-20H,4-12H2,1-3H3. The lowest BCUT2D eigenvalue weighted by atomic mass is 9.62. The molecule has 4 nitrogen and oxygen atoms in total.